The lowest BCUT2D eigenvalue weighted by Crippen LogP contribution is -2.04. The van der Waals surface area contributed by atoms with E-state index in [2.05, 4.69) is 25.4 Å². The summed E-state index contributed by atoms with van der Waals surface area (Å²) in [4.78, 5) is 12.6. The maximum absolute atomic E-state index is 4.88. The summed E-state index contributed by atoms with van der Waals surface area (Å²) >= 11 is 0. The molecule has 0 saturated heterocycles. The zero-order valence-corrected chi connectivity index (χ0v) is 10.1. The molecular formula is C11H12N6O. The maximum atomic E-state index is 4.88. The highest BCUT2D eigenvalue weighted by molar-refractivity contribution is 5.82. The molecule has 7 heteroatoms. The van der Waals surface area contributed by atoms with Crippen LogP contribution in [0.4, 0.5) is 5.82 Å². The smallest absolute Gasteiger partial charge is 0.165 e. The van der Waals surface area contributed by atoms with Gasteiger partial charge in [0, 0.05) is 12.6 Å². The largest absolute Gasteiger partial charge is 0.364 e. The molecule has 0 aliphatic heterocycles. The summed E-state index contributed by atoms with van der Waals surface area (Å²) < 4.78 is 6.73. The lowest BCUT2D eigenvalue weighted by Gasteiger charge is -2.04. The van der Waals surface area contributed by atoms with Gasteiger partial charge in [-0.05, 0) is 6.92 Å². The Morgan fingerprint density at radius 1 is 1.33 bits per heavy atom. The van der Waals surface area contributed by atoms with Crippen LogP contribution in [0.5, 0.6) is 0 Å². The van der Waals surface area contributed by atoms with Gasteiger partial charge in [0.15, 0.2) is 11.5 Å². The van der Waals surface area contributed by atoms with E-state index in [1.807, 2.05) is 18.5 Å². The summed E-state index contributed by atoms with van der Waals surface area (Å²) in [6.07, 6.45) is 4.85. The zero-order valence-electron chi connectivity index (χ0n) is 10.1. The summed E-state index contributed by atoms with van der Waals surface area (Å²) in [6.45, 7) is 2.49. The Morgan fingerprint density at radius 3 is 3.00 bits per heavy atom. The minimum Gasteiger partial charge on any atom is -0.364 e. The summed E-state index contributed by atoms with van der Waals surface area (Å²) in [6, 6.07) is 0. The van der Waals surface area contributed by atoms with Crippen LogP contribution in [0, 0.1) is 6.92 Å². The number of nitrogens with one attached hydrogen (secondary N) is 1. The monoisotopic (exact) mass is 244 g/mol. The van der Waals surface area contributed by atoms with Crippen molar-refractivity contribution < 1.29 is 4.52 Å². The first-order valence-corrected chi connectivity index (χ1v) is 5.51. The lowest BCUT2D eigenvalue weighted by molar-refractivity contribution is 0.412. The Bertz CT molecular complexity index is 686. The Labute approximate surface area is 103 Å². The van der Waals surface area contributed by atoms with E-state index >= 15 is 0 Å². The van der Waals surface area contributed by atoms with E-state index in [9.17, 15) is 0 Å². The molecule has 0 amide bonds. The summed E-state index contributed by atoms with van der Waals surface area (Å²) in [7, 11) is 1.90. The first kappa shape index (κ1) is 10.7. The number of rotatable bonds is 3. The van der Waals surface area contributed by atoms with E-state index in [4.69, 9.17) is 4.52 Å². The van der Waals surface area contributed by atoms with Crippen LogP contribution in [0.2, 0.25) is 0 Å². The molecule has 0 saturated carbocycles. The van der Waals surface area contributed by atoms with Crippen LogP contribution in [0.25, 0.3) is 11.2 Å². The summed E-state index contributed by atoms with van der Waals surface area (Å²) in [5, 5.41) is 7.10. The van der Waals surface area contributed by atoms with Crippen molar-refractivity contribution in [2.24, 2.45) is 7.05 Å². The quantitative estimate of drug-likeness (QED) is 0.747. The van der Waals surface area contributed by atoms with Gasteiger partial charge in [0.2, 0.25) is 0 Å². The molecule has 0 aliphatic carbocycles. The molecule has 3 rings (SSSR count). The molecule has 0 unspecified atom stereocenters. The van der Waals surface area contributed by atoms with Crippen molar-refractivity contribution in [1.29, 1.82) is 0 Å². The molecule has 3 aromatic rings. The van der Waals surface area contributed by atoms with Crippen LogP contribution in [0.1, 0.15) is 11.3 Å². The molecule has 0 radical (unpaired) electrons. The lowest BCUT2D eigenvalue weighted by atomic mass is 10.3. The average Bonchev–Trinajstić information content (AvgIpc) is 2.95. The fourth-order valence-electron chi connectivity index (χ4n) is 1.72. The second-order valence-electron chi connectivity index (χ2n) is 4.05. The highest BCUT2D eigenvalue weighted by atomic mass is 16.5. The predicted octanol–water partition coefficient (Wildman–Crippen LogP) is 1.27. The normalized spacial score (nSPS) is 11.0. The number of nitrogens with zero attached hydrogens (tertiary/aromatic N) is 5. The van der Waals surface area contributed by atoms with Gasteiger partial charge in [0.05, 0.1) is 12.9 Å². The van der Waals surface area contributed by atoms with E-state index < -0.39 is 0 Å². The average molecular weight is 244 g/mol. The van der Waals surface area contributed by atoms with Crippen molar-refractivity contribution in [1.82, 2.24) is 24.7 Å². The van der Waals surface area contributed by atoms with Gasteiger partial charge in [-0.2, -0.15) is 0 Å². The predicted molar refractivity (Wildman–Crippen MR) is 64.9 cm³/mol. The van der Waals surface area contributed by atoms with Gasteiger partial charge in [-0.1, -0.05) is 5.16 Å². The molecule has 3 heterocycles. The third-order valence-electron chi connectivity index (χ3n) is 2.77. The van der Waals surface area contributed by atoms with Crippen molar-refractivity contribution >= 4 is 17.0 Å². The van der Waals surface area contributed by atoms with Gasteiger partial charge in [-0.3, -0.25) is 0 Å². The number of imidazole rings is 1. The van der Waals surface area contributed by atoms with E-state index in [1.54, 1.807) is 12.6 Å². The molecule has 0 spiro atoms. The van der Waals surface area contributed by atoms with Crippen molar-refractivity contribution in [3.05, 3.63) is 30.2 Å². The van der Waals surface area contributed by atoms with E-state index in [0.29, 0.717) is 12.4 Å². The molecule has 3 aromatic heterocycles. The maximum Gasteiger partial charge on any atom is 0.165 e. The Balaban J connectivity index is 1.89. The van der Waals surface area contributed by atoms with Crippen LogP contribution in [-0.2, 0) is 13.6 Å². The molecule has 0 aliphatic rings. The molecular weight excluding hydrogens is 232 g/mol. The molecule has 18 heavy (non-hydrogen) atoms. The Hall–Kier alpha value is -2.44. The van der Waals surface area contributed by atoms with Crippen molar-refractivity contribution in [3.63, 3.8) is 0 Å². The second-order valence-corrected chi connectivity index (χ2v) is 4.05. The van der Waals surface area contributed by atoms with Gasteiger partial charge in [-0.25, -0.2) is 15.0 Å². The topological polar surface area (TPSA) is 81.7 Å². The van der Waals surface area contributed by atoms with E-state index in [0.717, 1.165) is 22.4 Å². The van der Waals surface area contributed by atoms with Gasteiger partial charge >= 0.3 is 0 Å². The van der Waals surface area contributed by atoms with Gasteiger partial charge in [-0.15, -0.1) is 0 Å². The Morgan fingerprint density at radius 2 is 2.22 bits per heavy atom. The SMILES string of the molecule is Cc1conc1CNc1ncnc2c1ncn2C. The van der Waals surface area contributed by atoms with Crippen LogP contribution in [0.3, 0.4) is 0 Å². The van der Waals surface area contributed by atoms with Crippen LogP contribution < -0.4 is 5.32 Å². The number of fused-ring (bicyclic) bond motifs is 1. The van der Waals surface area contributed by atoms with Gasteiger partial charge < -0.3 is 14.4 Å². The van der Waals surface area contributed by atoms with Crippen molar-refractivity contribution in [2.75, 3.05) is 5.32 Å². The third kappa shape index (κ3) is 1.69. The molecule has 1 N–H and O–H groups in total. The third-order valence-corrected chi connectivity index (χ3v) is 2.77. The molecule has 0 fully saturated rings. The number of hydrogen-bond acceptors (Lipinski definition) is 6. The number of hydrogen-bond donors (Lipinski definition) is 1. The van der Waals surface area contributed by atoms with Gasteiger partial charge in [0.25, 0.3) is 0 Å². The fraction of sp³-hybridized carbons (Fsp3) is 0.273. The van der Waals surface area contributed by atoms with Crippen LogP contribution in [-0.4, -0.2) is 24.7 Å². The van der Waals surface area contributed by atoms with Crippen molar-refractivity contribution in [3.8, 4) is 0 Å². The van der Waals surface area contributed by atoms with Crippen LogP contribution >= 0.6 is 0 Å². The molecule has 0 bridgehead atoms. The van der Waals surface area contributed by atoms with Crippen LogP contribution in [0.15, 0.2) is 23.4 Å². The number of aryl methyl sites for hydroxylation is 2. The zero-order chi connectivity index (χ0) is 12.5. The minimum atomic E-state index is 0.547. The first-order chi connectivity index (χ1) is 8.75. The first-order valence-electron chi connectivity index (χ1n) is 5.51. The second kappa shape index (κ2) is 4.10. The molecule has 7 nitrogen and oxygen atoms in total. The minimum absolute atomic E-state index is 0.547. The highest BCUT2D eigenvalue weighted by Crippen LogP contribution is 2.17. The van der Waals surface area contributed by atoms with E-state index in [-0.39, 0.29) is 0 Å². The summed E-state index contributed by atoms with van der Waals surface area (Å²) in [5.74, 6) is 0.697. The van der Waals surface area contributed by atoms with E-state index in [1.165, 1.54) is 6.33 Å². The number of aromatic nitrogens is 5. The molecule has 92 valence electrons. The van der Waals surface area contributed by atoms with Crippen molar-refractivity contribution in [2.45, 2.75) is 13.5 Å². The molecule has 0 aromatic carbocycles. The Kier molecular flexibility index (Phi) is 2.44. The highest BCUT2D eigenvalue weighted by Gasteiger charge is 2.09. The summed E-state index contributed by atoms with van der Waals surface area (Å²) in [5.41, 5.74) is 3.41. The molecule has 0 atom stereocenters. The fourth-order valence-corrected chi connectivity index (χ4v) is 1.72. The number of anilines is 1. The standard InChI is InChI=1S/C11H12N6O/c1-7-4-18-16-8(7)3-12-10-9-11(14-5-13-10)17(2)6-15-9/h4-6H,3H2,1-2H3,(H,12,13,14). The van der Waals surface area contributed by atoms with Gasteiger partial charge in [0.1, 0.15) is 23.8 Å².